The van der Waals surface area contributed by atoms with E-state index in [-0.39, 0.29) is 28.4 Å². The number of carbonyl (C=O) groups excluding carboxylic acids is 2. The van der Waals surface area contributed by atoms with Gasteiger partial charge in [-0.25, -0.2) is 0 Å². The van der Waals surface area contributed by atoms with Crippen molar-refractivity contribution in [3.8, 4) is 5.75 Å². The molecule has 0 aliphatic carbocycles. The van der Waals surface area contributed by atoms with E-state index in [1.165, 1.54) is 18.2 Å². The summed E-state index contributed by atoms with van der Waals surface area (Å²) < 4.78 is 57.2. The highest BCUT2D eigenvalue weighted by Gasteiger charge is 2.47. The van der Waals surface area contributed by atoms with E-state index in [1.54, 1.807) is 27.6 Å². The third-order valence-electron chi connectivity index (χ3n) is 8.70. The highest BCUT2D eigenvalue weighted by Crippen LogP contribution is 2.34. The lowest BCUT2D eigenvalue weighted by molar-refractivity contribution is -0.153. The van der Waals surface area contributed by atoms with Gasteiger partial charge in [0.2, 0.25) is 0 Å². The first-order chi connectivity index (χ1) is 21.6. The molecule has 248 valence electrons. The summed E-state index contributed by atoms with van der Waals surface area (Å²) in [6, 6.07) is 7.85. The number of hydrogen-bond donors (Lipinski definition) is 2. The molecule has 3 heterocycles. The average Bonchev–Trinajstić information content (AvgIpc) is 3.30. The van der Waals surface area contributed by atoms with Gasteiger partial charge in [0.1, 0.15) is 22.5 Å². The SMILES string of the molecule is Cc1cc(C(=O)N2CCC(C)(O)CC2)cc(C)c1/C=C/[S+]([O-])N1CCC2(CC1)N=C(c1ccc(OCC(F)(F)F)c(Cl)c1)NC2=O. The van der Waals surface area contributed by atoms with E-state index < -0.39 is 35.3 Å². The zero-order valence-corrected chi connectivity index (χ0v) is 27.3. The molecule has 9 nitrogen and oxygen atoms in total. The van der Waals surface area contributed by atoms with Gasteiger partial charge >= 0.3 is 6.18 Å². The van der Waals surface area contributed by atoms with Crippen LogP contribution in [0.3, 0.4) is 0 Å². The molecule has 1 atom stereocenters. The maximum Gasteiger partial charge on any atom is 0.422 e. The predicted octanol–water partition coefficient (Wildman–Crippen LogP) is 4.93. The van der Waals surface area contributed by atoms with Crippen LogP contribution in [0, 0.1) is 13.8 Å². The zero-order valence-electron chi connectivity index (χ0n) is 25.7. The molecule has 5 rings (SSSR count). The Hall–Kier alpha value is -3.10. The summed E-state index contributed by atoms with van der Waals surface area (Å²) in [5.74, 6) is -0.231. The number of halogens is 4. The molecular weight excluding hydrogens is 645 g/mol. The number of ether oxygens (including phenoxy) is 1. The van der Waals surface area contributed by atoms with Gasteiger partial charge in [-0.05, 0) is 99.6 Å². The van der Waals surface area contributed by atoms with Gasteiger partial charge in [0.15, 0.2) is 6.61 Å². The van der Waals surface area contributed by atoms with Gasteiger partial charge in [0.25, 0.3) is 11.8 Å². The van der Waals surface area contributed by atoms with Crippen LogP contribution in [-0.2, 0) is 16.2 Å². The topological polar surface area (TPSA) is 118 Å². The van der Waals surface area contributed by atoms with Gasteiger partial charge in [-0.2, -0.15) is 13.2 Å². The molecule has 2 aromatic rings. The molecule has 14 heteroatoms. The van der Waals surface area contributed by atoms with Crippen LogP contribution in [0.5, 0.6) is 5.75 Å². The molecular formula is C32H36ClF3N4O5S. The van der Waals surface area contributed by atoms with Crippen molar-refractivity contribution in [3.63, 3.8) is 0 Å². The first-order valence-corrected chi connectivity index (χ1v) is 16.5. The number of carbonyl (C=O) groups is 2. The van der Waals surface area contributed by atoms with Crippen LogP contribution < -0.4 is 10.1 Å². The number of aliphatic imine (C=N–C) groups is 1. The Bertz CT molecular complexity index is 1540. The Morgan fingerprint density at radius 2 is 1.76 bits per heavy atom. The maximum absolute atomic E-state index is 13.2. The van der Waals surface area contributed by atoms with Crippen molar-refractivity contribution in [2.45, 2.75) is 63.8 Å². The molecule has 1 spiro atoms. The zero-order chi connectivity index (χ0) is 33.4. The summed E-state index contributed by atoms with van der Waals surface area (Å²) in [4.78, 5) is 32.5. The number of aryl methyl sites for hydroxylation is 2. The third kappa shape index (κ3) is 7.71. The maximum atomic E-state index is 13.2. The van der Waals surface area contributed by atoms with Crippen LogP contribution in [0.4, 0.5) is 13.2 Å². The lowest BCUT2D eigenvalue weighted by Gasteiger charge is -2.36. The molecule has 2 N–H and O–H groups in total. The highest BCUT2D eigenvalue weighted by atomic mass is 35.5. The van der Waals surface area contributed by atoms with E-state index in [4.69, 9.17) is 16.3 Å². The minimum Gasteiger partial charge on any atom is -0.593 e. The molecule has 2 amide bonds. The number of hydrogen-bond acceptors (Lipinski definition) is 7. The number of amides is 2. The summed E-state index contributed by atoms with van der Waals surface area (Å²) >= 11 is 4.65. The van der Waals surface area contributed by atoms with Crippen LogP contribution >= 0.6 is 11.6 Å². The standard InChI is InChI=1S/C32H36ClF3N4O5S/c1-20-16-23(28(41)39-11-7-30(3,43)8-12-39)17-21(2)24(20)6-15-46(44)40-13-9-31(10-14-40)29(42)37-27(38-31)22-4-5-26(25(33)18-22)45-19-32(34,35)36/h4-6,15-18,43H,7-14,19H2,1-3H3,(H,37,38,42)/b15-6+. The number of likely N-dealkylation sites (tertiary alicyclic amines) is 1. The summed E-state index contributed by atoms with van der Waals surface area (Å²) in [6.45, 7) is 5.82. The normalized spacial score (nSPS) is 20.6. The van der Waals surface area contributed by atoms with E-state index in [9.17, 15) is 32.4 Å². The van der Waals surface area contributed by atoms with E-state index in [0.29, 0.717) is 63.0 Å². The smallest absolute Gasteiger partial charge is 0.422 e. The number of rotatable bonds is 7. The number of aliphatic hydroxyl groups is 1. The van der Waals surface area contributed by atoms with Crippen molar-refractivity contribution in [2.24, 2.45) is 4.99 Å². The third-order valence-corrected chi connectivity index (χ3v) is 10.2. The van der Waals surface area contributed by atoms with Crippen molar-refractivity contribution in [2.75, 3.05) is 32.8 Å². The van der Waals surface area contributed by atoms with Gasteiger partial charge in [-0.3, -0.25) is 14.6 Å². The number of alkyl halides is 3. The predicted molar refractivity (Wildman–Crippen MR) is 170 cm³/mol. The highest BCUT2D eigenvalue weighted by molar-refractivity contribution is 7.92. The number of nitrogens with one attached hydrogen (secondary N) is 1. The van der Waals surface area contributed by atoms with E-state index in [2.05, 4.69) is 10.3 Å². The minimum atomic E-state index is -4.50. The largest absolute Gasteiger partial charge is 0.593 e. The Morgan fingerprint density at radius 3 is 2.35 bits per heavy atom. The summed E-state index contributed by atoms with van der Waals surface area (Å²) in [5.41, 5.74) is 1.86. The number of benzene rings is 2. The van der Waals surface area contributed by atoms with Gasteiger partial charge in [-0.15, -0.1) is 4.31 Å². The molecule has 0 saturated carbocycles. The van der Waals surface area contributed by atoms with Crippen LogP contribution in [0.1, 0.15) is 65.2 Å². The number of nitrogens with zero attached hydrogens (tertiary/aromatic N) is 3. The first-order valence-electron chi connectivity index (χ1n) is 14.9. The Kier molecular flexibility index (Phi) is 9.82. The fraction of sp³-hybridized carbons (Fsp3) is 0.469. The van der Waals surface area contributed by atoms with Crippen molar-refractivity contribution in [1.29, 1.82) is 0 Å². The van der Waals surface area contributed by atoms with Gasteiger partial charge in [0, 0.05) is 37.3 Å². The quantitative estimate of drug-likeness (QED) is 0.401. The Labute approximate surface area is 273 Å². The molecule has 2 saturated heterocycles. The fourth-order valence-electron chi connectivity index (χ4n) is 5.90. The summed E-state index contributed by atoms with van der Waals surface area (Å²) in [5, 5.41) is 14.5. The van der Waals surface area contributed by atoms with Crippen molar-refractivity contribution in [1.82, 2.24) is 14.5 Å². The van der Waals surface area contributed by atoms with Crippen molar-refractivity contribution >= 4 is 46.7 Å². The van der Waals surface area contributed by atoms with Crippen LogP contribution in [0.25, 0.3) is 6.08 Å². The summed E-state index contributed by atoms with van der Waals surface area (Å²) in [6.07, 6.45) is -0.993. The summed E-state index contributed by atoms with van der Waals surface area (Å²) in [7, 11) is 0. The Balaban J connectivity index is 1.20. The molecule has 0 radical (unpaired) electrons. The van der Waals surface area contributed by atoms with Crippen molar-refractivity contribution < 1.29 is 37.2 Å². The van der Waals surface area contributed by atoms with Crippen LogP contribution in [0.15, 0.2) is 40.7 Å². The molecule has 46 heavy (non-hydrogen) atoms. The van der Waals surface area contributed by atoms with E-state index in [0.717, 1.165) is 16.7 Å². The average molecular weight is 681 g/mol. The van der Waals surface area contributed by atoms with E-state index in [1.807, 2.05) is 26.0 Å². The Morgan fingerprint density at radius 1 is 1.13 bits per heavy atom. The first kappa shape index (κ1) is 34.2. The van der Waals surface area contributed by atoms with Gasteiger partial charge in [0.05, 0.1) is 22.0 Å². The second-order valence-corrected chi connectivity index (χ2v) is 14.1. The second-order valence-electron chi connectivity index (χ2n) is 12.3. The van der Waals surface area contributed by atoms with E-state index >= 15 is 0 Å². The fourth-order valence-corrected chi connectivity index (χ4v) is 7.10. The van der Waals surface area contributed by atoms with Gasteiger partial charge in [-0.1, -0.05) is 11.6 Å². The van der Waals surface area contributed by atoms with Crippen LogP contribution in [0.2, 0.25) is 5.02 Å². The van der Waals surface area contributed by atoms with Crippen LogP contribution in [-0.4, -0.2) is 86.6 Å². The van der Waals surface area contributed by atoms with Gasteiger partial charge < -0.3 is 24.6 Å². The lowest BCUT2D eigenvalue weighted by Crippen LogP contribution is -2.50. The molecule has 0 bridgehead atoms. The monoisotopic (exact) mass is 680 g/mol. The van der Waals surface area contributed by atoms with Crippen molar-refractivity contribution in [3.05, 3.63) is 68.6 Å². The molecule has 3 aliphatic heterocycles. The molecule has 2 fully saturated rings. The molecule has 3 aliphatic rings. The minimum absolute atomic E-state index is 0.0411. The second kappa shape index (κ2) is 13.2. The number of piperidine rings is 2. The molecule has 1 unspecified atom stereocenters. The molecule has 0 aromatic heterocycles. The number of amidine groups is 1. The lowest BCUT2D eigenvalue weighted by atomic mass is 9.89. The molecule has 2 aromatic carbocycles.